The van der Waals surface area contributed by atoms with Gasteiger partial charge in [-0.25, -0.2) is 4.98 Å². The maximum absolute atomic E-state index is 12.3. The summed E-state index contributed by atoms with van der Waals surface area (Å²) in [5.41, 5.74) is 3.33. The molecule has 1 aromatic carbocycles. The quantitative estimate of drug-likeness (QED) is 0.754. The third kappa shape index (κ3) is 2.58. The SMILES string of the molecule is Cc1ccc2nc(NC(=O)c3nn(C)c(C)c3Br)sc2c1. The Morgan fingerprint density at radius 2 is 2.14 bits per heavy atom. The third-order valence-corrected chi connectivity index (χ3v) is 5.12. The van der Waals surface area contributed by atoms with Crippen LogP contribution in [0.3, 0.4) is 0 Å². The van der Waals surface area contributed by atoms with Gasteiger partial charge in [-0.2, -0.15) is 5.10 Å². The number of thiazole rings is 1. The second-order valence-electron chi connectivity index (χ2n) is 4.82. The van der Waals surface area contributed by atoms with Crippen LogP contribution in [0.5, 0.6) is 0 Å². The van der Waals surface area contributed by atoms with Crippen molar-refractivity contribution < 1.29 is 4.79 Å². The molecule has 1 N–H and O–H groups in total. The summed E-state index contributed by atoms with van der Waals surface area (Å²) in [5.74, 6) is -0.263. The van der Waals surface area contributed by atoms with E-state index in [1.807, 2.05) is 26.0 Å². The molecular formula is C14H13BrN4OS. The highest BCUT2D eigenvalue weighted by molar-refractivity contribution is 9.10. The van der Waals surface area contributed by atoms with E-state index in [1.165, 1.54) is 16.9 Å². The zero-order valence-electron chi connectivity index (χ0n) is 11.8. The fourth-order valence-corrected chi connectivity index (χ4v) is 3.44. The Morgan fingerprint density at radius 1 is 1.38 bits per heavy atom. The van der Waals surface area contributed by atoms with Crippen molar-refractivity contribution >= 4 is 48.5 Å². The molecule has 2 heterocycles. The highest BCUT2D eigenvalue weighted by atomic mass is 79.9. The van der Waals surface area contributed by atoms with Crippen LogP contribution in [-0.4, -0.2) is 20.7 Å². The zero-order valence-corrected chi connectivity index (χ0v) is 14.2. The predicted octanol–water partition coefficient (Wildman–Crippen LogP) is 3.66. The summed E-state index contributed by atoms with van der Waals surface area (Å²) in [5, 5.41) is 7.60. The van der Waals surface area contributed by atoms with Crippen LogP contribution in [0.4, 0.5) is 5.13 Å². The molecule has 0 radical (unpaired) electrons. The van der Waals surface area contributed by atoms with E-state index in [4.69, 9.17) is 0 Å². The Bertz CT molecular complexity index is 852. The first-order valence-corrected chi connectivity index (χ1v) is 7.94. The lowest BCUT2D eigenvalue weighted by molar-refractivity contribution is 0.102. The number of fused-ring (bicyclic) bond motifs is 1. The standard InChI is InChI=1S/C14H13BrN4OS/c1-7-4-5-9-10(6-7)21-14(16-9)17-13(20)12-11(15)8(2)19(3)18-12/h4-6H,1-3H3,(H,16,17,20). The van der Waals surface area contributed by atoms with Gasteiger partial charge in [0.15, 0.2) is 10.8 Å². The Labute approximate surface area is 134 Å². The second-order valence-corrected chi connectivity index (χ2v) is 6.64. The van der Waals surface area contributed by atoms with Crippen molar-refractivity contribution in [2.45, 2.75) is 13.8 Å². The molecule has 2 aromatic heterocycles. The van der Waals surface area contributed by atoms with E-state index in [9.17, 15) is 4.79 Å². The highest BCUT2D eigenvalue weighted by Gasteiger charge is 2.19. The molecule has 21 heavy (non-hydrogen) atoms. The Kier molecular flexibility index (Phi) is 3.54. The lowest BCUT2D eigenvalue weighted by atomic mass is 10.2. The van der Waals surface area contributed by atoms with Crippen LogP contribution in [0.1, 0.15) is 21.7 Å². The van der Waals surface area contributed by atoms with Crippen molar-refractivity contribution in [2.24, 2.45) is 7.05 Å². The van der Waals surface area contributed by atoms with E-state index in [0.29, 0.717) is 15.3 Å². The summed E-state index contributed by atoms with van der Waals surface area (Å²) in [6.07, 6.45) is 0. The van der Waals surface area contributed by atoms with E-state index in [2.05, 4.69) is 37.4 Å². The molecule has 0 bridgehead atoms. The Morgan fingerprint density at radius 3 is 2.81 bits per heavy atom. The van der Waals surface area contributed by atoms with Gasteiger partial charge in [-0.15, -0.1) is 0 Å². The summed E-state index contributed by atoms with van der Waals surface area (Å²) >= 11 is 4.86. The molecule has 0 aliphatic heterocycles. The largest absolute Gasteiger partial charge is 0.296 e. The third-order valence-electron chi connectivity index (χ3n) is 3.24. The molecular weight excluding hydrogens is 352 g/mol. The lowest BCUT2D eigenvalue weighted by Gasteiger charge is -1.98. The van der Waals surface area contributed by atoms with Crippen molar-refractivity contribution in [1.82, 2.24) is 14.8 Å². The first kappa shape index (κ1) is 14.2. The van der Waals surface area contributed by atoms with Gasteiger partial charge in [0.05, 0.1) is 20.4 Å². The minimum Gasteiger partial charge on any atom is -0.296 e. The summed E-state index contributed by atoms with van der Waals surface area (Å²) in [7, 11) is 1.80. The fraction of sp³-hybridized carbons (Fsp3) is 0.214. The minimum absolute atomic E-state index is 0.263. The normalized spacial score (nSPS) is 11.0. The van der Waals surface area contributed by atoms with Crippen LogP contribution in [0.15, 0.2) is 22.7 Å². The maximum Gasteiger partial charge on any atom is 0.279 e. The number of amides is 1. The lowest BCUT2D eigenvalue weighted by Crippen LogP contribution is -2.13. The van der Waals surface area contributed by atoms with Crippen LogP contribution < -0.4 is 5.32 Å². The fourth-order valence-electron chi connectivity index (χ4n) is 1.97. The van der Waals surface area contributed by atoms with Gasteiger partial charge in [0.25, 0.3) is 5.91 Å². The average Bonchev–Trinajstić information content (AvgIpc) is 2.94. The molecule has 0 aliphatic rings. The summed E-state index contributed by atoms with van der Waals surface area (Å²) in [4.78, 5) is 16.7. The summed E-state index contributed by atoms with van der Waals surface area (Å²) < 4.78 is 3.43. The number of carbonyl (C=O) groups excluding carboxylic acids is 1. The number of nitrogens with zero attached hydrogens (tertiary/aromatic N) is 3. The van der Waals surface area contributed by atoms with Crippen LogP contribution in [0, 0.1) is 13.8 Å². The van der Waals surface area contributed by atoms with Crippen LogP contribution in [0.25, 0.3) is 10.2 Å². The summed E-state index contributed by atoms with van der Waals surface area (Å²) in [6, 6.07) is 6.02. The van der Waals surface area contributed by atoms with Gasteiger partial charge in [0.1, 0.15) is 0 Å². The van der Waals surface area contributed by atoms with Gasteiger partial charge in [0, 0.05) is 7.05 Å². The van der Waals surface area contributed by atoms with Crippen molar-refractivity contribution in [3.05, 3.63) is 39.6 Å². The van der Waals surface area contributed by atoms with Gasteiger partial charge in [0.2, 0.25) is 0 Å². The van der Waals surface area contributed by atoms with Crippen LogP contribution in [-0.2, 0) is 7.05 Å². The maximum atomic E-state index is 12.3. The van der Waals surface area contributed by atoms with E-state index < -0.39 is 0 Å². The minimum atomic E-state index is -0.263. The number of benzene rings is 1. The van der Waals surface area contributed by atoms with E-state index in [-0.39, 0.29) is 5.91 Å². The topological polar surface area (TPSA) is 59.8 Å². The number of hydrogen-bond acceptors (Lipinski definition) is 4. The molecule has 0 atom stereocenters. The molecule has 0 spiro atoms. The molecule has 0 saturated heterocycles. The molecule has 5 nitrogen and oxygen atoms in total. The van der Waals surface area contributed by atoms with E-state index in [1.54, 1.807) is 11.7 Å². The molecule has 0 saturated carbocycles. The zero-order chi connectivity index (χ0) is 15.1. The Balaban J connectivity index is 1.90. The molecule has 1 amide bonds. The van der Waals surface area contributed by atoms with Crippen molar-refractivity contribution in [1.29, 1.82) is 0 Å². The van der Waals surface area contributed by atoms with Gasteiger partial charge in [-0.05, 0) is 47.5 Å². The number of aromatic nitrogens is 3. The van der Waals surface area contributed by atoms with Crippen LogP contribution >= 0.6 is 27.3 Å². The van der Waals surface area contributed by atoms with Gasteiger partial charge in [-0.3, -0.25) is 14.8 Å². The highest BCUT2D eigenvalue weighted by Crippen LogP contribution is 2.28. The number of nitrogens with one attached hydrogen (secondary N) is 1. The van der Waals surface area contributed by atoms with Crippen molar-refractivity contribution in [3.8, 4) is 0 Å². The number of anilines is 1. The smallest absolute Gasteiger partial charge is 0.279 e. The number of halogens is 1. The molecule has 0 fully saturated rings. The first-order chi connectivity index (χ1) is 9.95. The van der Waals surface area contributed by atoms with Gasteiger partial charge >= 0.3 is 0 Å². The van der Waals surface area contributed by atoms with E-state index >= 15 is 0 Å². The van der Waals surface area contributed by atoms with Crippen molar-refractivity contribution in [3.63, 3.8) is 0 Å². The number of rotatable bonds is 2. The van der Waals surface area contributed by atoms with Gasteiger partial charge in [-0.1, -0.05) is 17.4 Å². The number of hydrogen-bond donors (Lipinski definition) is 1. The van der Waals surface area contributed by atoms with Gasteiger partial charge < -0.3 is 0 Å². The molecule has 7 heteroatoms. The Hall–Kier alpha value is -1.73. The number of aryl methyl sites for hydroxylation is 2. The molecule has 108 valence electrons. The predicted molar refractivity (Wildman–Crippen MR) is 88.0 cm³/mol. The molecule has 0 unspecified atom stereocenters. The first-order valence-electron chi connectivity index (χ1n) is 6.33. The van der Waals surface area contributed by atoms with Crippen molar-refractivity contribution in [2.75, 3.05) is 5.32 Å². The average molecular weight is 365 g/mol. The number of carbonyl (C=O) groups is 1. The molecule has 3 aromatic rings. The molecule has 0 aliphatic carbocycles. The van der Waals surface area contributed by atoms with Crippen LogP contribution in [0.2, 0.25) is 0 Å². The summed E-state index contributed by atoms with van der Waals surface area (Å²) in [6.45, 7) is 3.93. The monoisotopic (exact) mass is 364 g/mol. The van der Waals surface area contributed by atoms with E-state index in [0.717, 1.165) is 15.9 Å². The second kappa shape index (κ2) is 5.23. The molecule has 3 rings (SSSR count).